The van der Waals surface area contributed by atoms with Gasteiger partial charge in [0.05, 0.1) is 16.6 Å². The zero-order valence-corrected chi connectivity index (χ0v) is 18.9. The van der Waals surface area contributed by atoms with E-state index in [1.54, 1.807) is 0 Å². The molecule has 0 unspecified atom stereocenters. The molecule has 2 aromatic heterocycles. The number of carbonyl (C=O) groups is 1. The third-order valence-electron chi connectivity index (χ3n) is 5.43. The molecule has 0 spiro atoms. The molecule has 0 radical (unpaired) electrons. The Balaban J connectivity index is 1.69. The van der Waals surface area contributed by atoms with Crippen molar-refractivity contribution in [3.8, 4) is 0 Å². The lowest BCUT2D eigenvalue weighted by Crippen LogP contribution is -2.39. The summed E-state index contributed by atoms with van der Waals surface area (Å²) in [6.45, 7) is 4.24. The number of aromatic nitrogens is 3. The molecule has 5 aromatic rings. The molecule has 2 heterocycles. The quantitative estimate of drug-likeness (QED) is 0.325. The van der Waals surface area contributed by atoms with Crippen LogP contribution >= 0.6 is 15.9 Å². The summed E-state index contributed by atoms with van der Waals surface area (Å²) < 4.78 is 2.95. The maximum Gasteiger partial charge on any atom is 0.247 e. The Morgan fingerprint density at radius 2 is 1.65 bits per heavy atom. The number of hydrogen-bond acceptors (Lipinski definition) is 3. The fourth-order valence-corrected chi connectivity index (χ4v) is 4.46. The van der Waals surface area contributed by atoms with Gasteiger partial charge in [0.25, 0.3) is 0 Å². The van der Waals surface area contributed by atoms with E-state index in [1.807, 2.05) is 96.1 Å². The van der Waals surface area contributed by atoms with Gasteiger partial charge < -0.3 is 9.47 Å². The molecular formula is C25H21BrN4O. The molecule has 0 bridgehead atoms. The Labute approximate surface area is 188 Å². The van der Waals surface area contributed by atoms with Crippen LogP contribution in [0.15, 0.2) is 77.3 Å². The summed E-state index contributed by atoms with van der Waals surface area (Å²) in [6, 6.07) is 23.7. The fraction of sp³-hybridized carbons (Fsp3) is 0.160. The highest BCUT2D eigenvalue weighted by atomic mass is 79.9. The van der Waals surface area contributed by atoms with Crippen molar-refractivity contribution >= 4 is 60.6 Å². The van der Waals surface area contributed by atoms with Gasteiger partial charge in [-0.2, -0.15) is 0 Å². The number of halogens is 1. The average Bonchev–Trinajstić information content (AvgIpc) is 3.04. The molecule has 6 heteroatoms. The van der Waals surface area contributed by atoms with Crippen molar-refractivity contribution in [1.29, 1.82) is 0 Å². The fourth-order valence-electron chi connectivity index (χ4n) is 4.10. The third kappa shape index (κ3) is 3.47. The lowest BCUT2D eigenvalue weighted by molar-refractivity contribution is -0.119. The number of para-hydroxylation sites is 3. The maximum atomic E-state index is 13.5. The second kappa shape index (κ2) is 7.78. The van der Waals surface area contributed by atoms with E-state index in [0.717, 1.165) is 43.3 Å². The first-order valence-electron chi connectivity index (χ1n) is 10.2. The highest BCUT2D eigenvalue weighted by Gasteiger charge is 2.22. The van der Waals surface area contributed by atoms with Gasteiger partial charge in [0, 0.05) is 21.6 Å². The minimum atomic E-state index is 0.0119. The molecule has 0 fully saturated rings. The summed E-state index contributed by atoms with van der Waals surface area (Å²) in [4.78, 5) is 25.1. The van der Waals surface area contributed by atoms with Crippen LogP contribution in [0, 0.1) is 0 Å². The van der Waals surface area contributed by atoms with Crippen molar-refractivity contribution in [3.63, 3.8) is 0 Å². The van der Waals surface area contributed by atoms with Gasteiger partial charge in [-0.1, -0.05) is 46.3 Å². The minimum absolute atomic E-state index is 0.0119. The third-order valence-corrected chi connectivity index (χ3v) is 5.92. The van der Waals surface area contributed by atoms with Crippen LogP contribution in [-0.4, -0.2) is 26.5 Å². The number of rotatable bonds is 4. The number of nitrogens with zero attached hydrogens (tertiary/aromatic N) is 4. The molecule has 3 aromatic carbocycles. The normalized spacial score (nSPS) is 11.6. The molecule has 31 heavy (non-hydrogen) atoms. The van der Waals surface area contributed by atoms with E-state index in [4.69, 9.17) is 9.97 Å². The molecule has 1 amide bonds. The summed E-state index contributed by atoms with van der Waals surface area (Å²) in [6.07, 6.45) is 0. The summed E-state index contributed by atoms with van der Waals surface area (Å²) in [5, 5.41) is 0.978. The molecule has 5 rings (SSSR count). The van der Waals surface area contributed by atoms with Gasteiger partial charge in [-0.3, -0.25) is 4.79 Å². The second-order valence-corrected chi connectivity index (χ2v) is 8.74. The van der Waals surface area contributed by atoms with Crippen molar-refractivity contribution < 1.29 is 4.79 Å². The van der Waals surface area contributed by atoms with Crippen LogP contribution in [0.2, 0.25) is 0 Å². The molecule has 0 aliphatic heterocycles. The average molecular weight is 473 g/mol. The standard InChI is InChI=1S/C25H21BrN4O/c1-16(2)30(18-8-4-3-5-9-18)23(31)15-29-22-13-12-17(26)14-19(22)24-25(29)28-21-11-7-6-10-20(21)27-24/h3-14,16H,15H2,1-2H3. The van der Waals surface area contributed by atoms with E-state index < -0.39 is 0 Å². The molecule has 0 saturated carbocycles. The maximum absolute atomic E-state index is 13.5. The Morgan fingerprint density at radius 3 is 2.35 bits per heavy atom. The molecule has 0 aliphatic carbocycles. The number of fused-ring (bicyclic) bond motifs is 4. The molecule has 0 aliphatic rings. The number of hydrogen-bond donors (Lipinski definition) is 0. The zero-order valence-electron chi connectivity index (χ0n) is 17.3. The van der Waals surface area contributed by atoms with Crippen molar-refractivity contribution in [2.75, 3.05) is 4.90 Å². The zero-order chi connectivity index (χ0) is 21.5. The summed E-state index contributed by atoms with van der Waals surface area (Å²) in [5.74, 6) is 0.0119. The lowest BCUT2D eigenvalue weighted by atomic mass is 10.2. The predicted octanol–water partition coefficient (Wildman–Crippen LogP) is 5.94. The SMILES string of the molecule is CC(C)N(C(=O)Cn1c2ccc(Br)cc2c2nc3ccccc3nc21)c1ccccc1. The van der Waals surface area contributed by atoms with Gasteiger partial charge >= 0.3 is 0 Å². The van der Waals surface area contributed by atoms with Crippen LogP contribution in [0.5, 0.6) is 0 Å². The van der Waals surface area contributed by atoms with Crippen molar-refractivity contribution in [2.45, 2.75) is 26.4 Å². The molecular weight excluding hydrogens is 452 g/mol. The molecule has 5 nitrogen and oxygen atoms in total. The minimum Gasteiger partial charge on any atom is -0.314 e. The number of anilines is 1. The van der Waals surface area contributed by atoms with Crippen molar-refractivity contribution in [2.24, 2.45) is 0 Å². The number of carbonyl (C=O) groups excluding carboxylic acids is 1. The number of benzene rings is 3. The predicted molar refractivity (Wildman–Crippen MR) is 129 cm³/mol. The molecule has 0 N–H and O–H groups in total. The molecule has 0 saturated heterocycles. The topological polar surface area (TPSA) is 51.0 Å². The van der Waals surface area contributed by atoms with Crippen molar-refractivity contribution in [1.82, 2.24) is 14.5 Å². The van der Waals surface area contributed by atoms with Crippen molar-refractivity contribution in [3.05, 3.63) is 77.3 Å². The summed E-state index contributed by atoms with van der Waals surface area (Å²) in [5.41, 5.74) is 5.01. The Hall–Kier alpha value is -3.25. The number of amides is 1. The molecule has 0 atom stereocenters. The molecule has 154 valence electrons. The highest BCUT2D eigenvalue weighted by Crippen LogP contribution is 2.31. The Bertz CT molecular complexity index is 1430. The summed E-state index contributed by atoms with van der Waals surface area (Å²) in [7, 11) is 0. The van der Waals surface area contributed by atoms with Crippen LogP contribution < -0.4 is 4.90 Å². The van der Waals surface area contributed by atoms with E-state index in [-0.39, 0.29) is 18.5 Å². The van der Waals surface area contributed by atoms with E-state index in [2.05, 4.69) is 15.9 Å². The van der Waals surface area contributed by atoms with E-state index in [0.29, 0.717) is 0 Å². The Kier molecular flexibility index (Phi) is 4.94. The van der Waals surface area contributed by atoms with Crippen LogP contribution in [0.4, 0.5) is 5.69 Å². The monoisotopic (exact) mass is 472 g/mol. The second-order valence-electron chi connectivity index (χ2n) is 7.83. The lowest BCUT2D eigenvalue weighted by Gasteiger charge is -2.27. The van der Waals surface area contributed by atoms with Crippen LogP contribution in [-0.2, 0) is 11.3 Å². The van der Waals surface area contributed by atoms with E-state index in [9.17, 15) is 4.79 Å². The van der Waals surface area contributed by atoms with Gasteiger partial charge in [-0.05, 0) is 56.3 Å². The first kappa shape index (κ1) is 19.7. The first-order valence-corrected chi connectivity index (χ1v) is 11.0. The Morgan fingerprint density at radius 1 is 0.968 bits per heavy atom. The van der Waals surface area contributed by atoms with Gasteiger partial charge in [0.1, 0.15) is 12.1 Å². The smallest absolute Gasteiger partial charge is 0.247 e. The largest absolute Gasteiger partial charge is 0.314 e. The van der Waals surface area contributed by atoms with Gasteiger partial charge in [0.2, 0.25) is 5.91 Å². The van der Waals surface area contributed by atoms with Crippen LogP contribution in [0.25, 0.3) is 33.1 Å². The highest BCUT2D eigenvalue weighted by molar-refractivity contribution is 9.10. The van der Waals surface area contributed by atoms with Gasteiger partial charge in [0.15, 0.2) is 5.65 Å². The summed E-state index contributed by atoms with van der Waals surface area (Å²) >= 11 is 3.57. The van der Waals surface area contributed by atoms with Crippen LogP contribution in [0.3, 0.4) is 0 Å². The van der Waals surface area contributed by atoms with Gasteiger partial charge in [-0.25, -0.2) is 9.97 Å². The van der Waals surface area contributed by atoms with Crippen LogP contribution in [0.1, 0.15) is 13.8 Å². The first-order chi connectivity index (χ1) is 15.0. The van der Waals surface area contributed by atoms with E-state index >= 15 is 0 Å². The van der Waals surface area contributed by atoms with Gasteiger partial charge in [-0.15, -0.1) is 0 Å². The van der Waals surface area contributed by atoms with E-state index in [1.165, 1.54) is 0 Å².